The van der Waals surface area contributed by atoms with Gasteiger partial charge in [0.1, 0.15) is 5.58 Å². The number of hydrogen-bond donors (Lipinski definition) is 0. The summed E-state index contributed by atoms with van der Waals surface area (Å²) in [7, 11) is 0. The van der Waals surface area contributed by atoms with Gasteiger partial charge >= 0.3 is 120 Å². The van der Waals surface area contributed by atoms with Gasteiger partial charge in [-0.2, -0.15) is 0 Å². The van der Waals surface area contributed by atoms with E-state index in [1.807, 2.05) is 74.6 Å². The minimum Gasteiger partial charge on any atom is 0 e. The predicted molar refractivity (Wildman–Crippen MR) is 267 cm³/mol. The van der Waals surface area contributed by atoms with Crippen LogP contribution in [0.4, 0.5) is 0 Å². The van der Waals surface area contributed by atoms with E-state index in [2.05, 4.69) is 152 Å². The Kier molecular flexibility index (Phi) is 12.6. The third kappa shape index (κ3) is 8.64. The number of nitrogens with zero attached hydrogens (tertiary/aromatic N) is 4. The van der Waals surface area contributed by atoms with Crippen LogP contribution >= 0.6 is 0 Å². The molecular formula is C57H54GeIrN4O-2. The number of rotatable bonds is 8. The molecule has 0 N–H and O–H groups in total. The van der Waals surface area contributed by atoms with Crippen molar-refractivity contribution in [3.05, 3.63) is 175 Å². The number of benzene rings is 6. The minimum atomic E-state index is -2.03. The van der Waals surface area contributed by atoms with E-state index in [0.29, 0.717) is 5.65 Å². The maximum Gasteiger partial charge on any atom is 0 e. The summed E-state index contributed by atoms with van der Waals surface area (Å²) in [6.45, 7) is 13.0. The maximum absolute atomic E-state index is 8.44. The zero-order chi connectivity index (χ0) is 44.9. The first-order chi connectivity index (χ1) is 30.7. The van der Waals surface area contributed by atoms with Crippen LogP contribution in [0.1, 0.15) is 77.3 Å². The molecule has 0 unspecified atom stereocenters. The molecule has 7 heteroatoms. The number of imidazole rings is 1. The number of hydrogen-bond acceptors (Lipinski definition) is 4. The Balaban J connectivity index is 0.000000232. The fourth-order valence-electron chi connectivity index (χ4n) is 8.64. The molecule has 0 amide bonds. The predicted octanol–water partition coefficient (Wildman–Crippen LogP) is 15.1. The summed E-state index contributed by atoms with van der Waals surface area (Å²) in [5.74, 6) is 7.75. The van der Waals surface area contributed by atoms with E-state index in [0.717, 1.165) is 72.3 Å². The maximum atomic E-state index is 8.44. The van der Waals surface area contributed by atoms with Gasteiger partial charge in [-0.05, 0) is 64.4 Å². The van der Waals surface area contributed by atoms with Gasteiger partial charge in [0.25, 0.3) is 0 Å². The number of fused-ring (bicyclic) bond motifs is 5. The van der Waals surface area contributed by atoms with E-state index in [-0.39, 0.29) is 31.9 Å². The monoisotopic (exact) mass is 1080 g/mol. The zero-order valence-electron chi connectivity index (χ0n) is 39.0. The first-order valence-electron chi connectivity index (χ1n) is 22.5. The van der Waals surface area contributed by atoms with Gasteiger partial charge in [-0.3, -0.25) is 4.98 Å². The van der Waals surface area contributed by atoms with Gasteiger partial charge in [-0.15, -0.1) is 18.2 Å². The van der Waals surface area contributed by atoms with Gasteiger partial charge in [0, 0.05) is 36.6 Å². The van der Waals surface area contributed by atoms with Crippen LogP contribution in [0, 0.1) is 12.1 Å². The average Bonchev–Trinajstić information content (AvgIpc) is 3.86. The molecule has 0 fully saturated rings. The number of furan rings is 1. The van der Waals surface area contributed by atoms with Crippen molar-refractivity contribution in [2.75, 3.05) is 0 Å². The molecule has 5 nitrogen and oxygen atoms in total. The number of aromatic nitrogens is 4. The van der Waals surface area contributed by atoms with Gasteiger partial charge in [0.05, 0.1) is 22.4 Å². The van der Waals surface area contributed by atoms with Crippen molar-refractivity contribution in [3.8, 4) is 39.5 Å². The molecule has 4 aromatic heterocycles. The third-order valence-corrected chi connectivity index (χ3v) is 16.1. The van der Waals surface area contributed by atoms with Gasteiger partial charge in [0.2, 0.25) is 0 Å². The third-order valence-electron chi connectivity index (χ3n) is 11.9. The second-order valence-corrected chi connectivity index (χ2v) is 28.9. The first kappa shape index (κ1) is 43.6. The fourth-order valence-corrected chi connectivity index (χ4v) is 12.0. The van der Waals surface area contributed by atoms with E-state index in [4.69, 9.17) is 15.8 Å². The second kappa shape index (κ2) is 18.4. The van der Waals surface area contributed by atoms with Crippen LogP contribution in [0.15, 0.2) is 150 Å². The van der Waals surface area contributed by atoms with E-state index in [1.165, 1.54) is 26.6 Å². The van der Waals surface area contributed by atoms with Crippen LogP contribution in [0.2, 0.25) is 17.3 Å². The first-order valence-corrected chi connectivity index (χ1v) is 29.3. The SMILES string of the molecule is CC(C)c1cc(-c2ccccc2)cc(C(C)C)c1-n1c(-c2[c-]ccc3c2oc2ccccc23)nc2nc3ccccc3cc21.[2H]C(C)(C)c1cc(-c2[c-]cccc2)nc[c]1[Ge]([CH3])([CH3])[CH3].[Ir]. The van der Waals surface area contributed by atoms with Crippen LogP contribution in [-0.2, 0) is 20.1 Å². The summed E-state index contributed by atoms with van der Waals surface area (Å²) < 4.78 is 18.6. The summed E-state index contributed by atoms with van der Waals surface area (Å²) in [6.07, 6.45) is 2.00. The number of pyridine rings is 2. The van der Waals surface area contributed by atoms with E-state index in [9.17, 15) is 0 Å². The average molecular weight is 1080 g/mol. The van der Waals surface area contributed by atoms with Crippen molar-refractivity contribution in [3.63, 3.8) is 0 Å². The Morgan fingerprint density at radius 2 is 1.34 bits per heavy atom. The van der Waals surface area contributed by atoms with E-state index < -0.39 is 19.2 Å². The van der Waals surface area contributed by atoms with Gasteiger partial charge in [-0.25, -0.2) is 4.98 Å². The molecule has 0 aliphatic carbocycles. The van der Waals surface area contributed by atoms with Crippen molar-refractivity contribution in [2.45, 2.75) is 76.5 Å². The molecule has 0 aliphatic heterocycles. The quantitative estimate of drug-likeness (QED) is 0.112. The molecule has 4 heterocycles. The molecule has 0 bridgehead atoms. The Hall–Kier alpha value is -5.66. The largest absolute Gasteiger partial charge is 0 e. The summed E-state index contributed by atoms with van der Waals surface area (Å²) in [5, 5.41) is 3.22. The Morgan fingerprint density at radius 3 is 2.03 bits per heavy atom. The summed E-state index contributed by atoms with van der Waals surface area (Å²) >= 11 is -2.03. The molecule has 64 heavy (non-hydrogen) atoms. The minimum absolute atomic E-state index is 0. The number of para-hydroxylation sites is 2. The zero-order valence-corrected chi connectivity index (χ0v) is 42.5. The molecule has 10 rings (SSSR count). The molecule has 0 aliphatic rings. The van der Waals surface area contributed by atoms with Crippen LogP contribution in [0.25, 0.3) is 83.5 Å². The topological polar surface area (TPSA) is 56.7 Å². The van der Waals surface area contributed by atoms with Crippen molar-refractivity contribution >= 4 is 61.7 Å². The normalized spacial score (nSPS) is 12.2. The molecule has 6 aromatic carbocycles. The second-order valence-electron chi connectivity index (χ2n) is 18.3. The molecule has 323 valence electrons. The Labute approximate surface area is 395 Å². The van der Waals surface area contributed by atoms with Crippen molar-refractivity contribution in [1.82, 2.24) is 19.5 Å². The van der Waals surface area contributed by atoms with Crippen molar-refractivity contribution in [1.29, 1.82) is 0 Å². The fraction of sp³-hybridized carbons (Fsp3) is 0.211. The van der Waals surface area contributed by atoms with Crippen LogP contribution in [0.3, 0.4) is 0 Å². The molecule has 10 aromatic rings. The Morgan fingerprint density at radius 1 is 0.656 bits per heavy atom. The van der Waals surface area contributed by atoms with Gasteiger partial charge in [0.15, 0.2) is 5.65 Å². The molecular weight excluding hydrogens is 1020 g/mol. The Bertz CT molecular complexity index is 3280. The molecule has 0 spiro atoms. The molecule has 0 saturated heterocycles. The van der Waals surface area contributed by atoms with Crippen LogP contribution in [-0.4, -0.2) is 32.8 Å². The molecule has 1 radical (unpaired) electrons. The van der Waals surface area contributed by atoms with Gasteiger partial charge in [-0.1, -0.05) is 105 Å². The summed E-state index contributed by atoms with van der Waals surface area (Å²) in [4.78, 5) is 15.0. The van der Waals surface area contributed by atoms with Crippen molar-refractivity contribution < 1.29 is 25.9 Å². The van der Waals surface area contributed by atoms with Crippen LogP contribution < -0.4 is 4.40 Å². The smallest absolute Gasteiger partial charge is 0 e. The van der Waals surface area contributed by atoms with E-state index >= 15 is 0 Å². The summed E-state index contributed by atoms with van der Waals surface area (Å²) in [6, 6.07) is 54.8. The van der Waals surface area contributed by atoms with Crippen LogP contribution in [0.5, 0.6) is 0 Å². The standard InChI is InChI=1S/C40H32N3O.C17H22GeN.Ir/c1-24(2)32-21-28(26-13-6-5-7-14-26)22-33(25(3)4)37(32)43-35-23-27-15-8-10-19-34(27)41-39(35)42-40(43)31-18-12-17-30-29-16-9-11-20-36(29)44-38(30)31;1-13(2)15-11-17(14-9-7-6-8-10-14)19-12-16(15)18(3,4)5;/h5-17,19-25H,1-4H3;6-9,11-13H,1-5H3;/q2*-1;/i;13D;. The van der Waals surface area contributed by atoms with E-state index in [1.54, 1.807) is 0 Å². The summed E-state index contributed by atoms with van der Waals surface area (Å²) in [5.41, 5.74) is 14.2. The molecule has 0 saturated carbocycles. The van der Waals surface area contributed by atoms with Crippen molar-refractivity contribution in [2.24, 2.45) is 0 Å². The van der Waals surface area contributed by atoms with Gasteiger partial charge < -0.3 is 8.98 Å². The molecule has 0 atom stereocenters.